The Bertz CT molecular complexity index is 513. The van der Waals surface area contributed by atoms with Crippen LogP contribution in [-0.4, -0.2) is 36.0 Å². The number of anilines is 1. The van der Waals surface area contributed by atoms with Crippen molar-refractivity contribution in [2.24, 2.45) is 5.73 Å². The lowest BCUT2D eigenvalue weighted by Crippen LogP contribution is -2.48. The summed E-state index contributed by atoms with van der Waals surface area (Å²) in [5.74, 6) is 0.00238. The van der Waals surface area contributed by atoms with E-state index in [1.54, 1.807) is 0 Å². The van der Waals surface area contributed by atoms with Gasteiger partial charge in [0.2, 0.25) is 5.91 Å². The van der Waals surface area contributed by atoms with Gasteiger partial charge in [0.1, 0.15) is 0 Å². The van der Waals surface area contributed by atoms with Crippen molar-refractivity contribution in [2.75, 3.05) is 18.4 Å². The second-order valence-corrected chi connectivity index (χ2v) is 7.46. The van der Waals surface area contributed by atoms with Gasteiger partial charge in [-0.05, 0) is 76.2 Å². The van der Waals surface area contributed by atoms with Gasteiger partial charge in [-0.25, -0.2) is 0 Å². The zero-order valence-electron chi connectivity index (χ0n) is 12.3. The van der Waals surface area contributed by atoms with Crippen LogP contribution in [0.1, 0.15) is 25.3 Å². The Morgan fingerprint density at radius 3 is 2.62 bits per heavy atom. The molecule has 0 radical (unpaired) electrons. The Hall–Kier alpha value is -0.430. The standard InChI is InChI=1S/C15H21Br2N3O/c1-9-5-12(16)15(13(17)6-9)19-14(21)8-20-4-3-11(18)7-10(20)2/h5-6,10-11H,3-4,7-8,18H2,1-2H3,(H,19,21). The Kier molecular flexibility index (Phi) is 5.82. The number of piperidine rings is 1. The number of amides is 1. The summed E-state index contributed by atoms with van der Waals surface area (Å²) in [7, 11) is 0. The molecule has 116 valence electrons. The van der Waals surface area contributed by atoms with E-state index in [9.17, 15) is 4.79 Å². The summed E-state index contributed by atoms with van der Waals surface area (Å²) < 4.78 is 1.77. The average Bonchev–Trinajstić information content (AvgIpc) is 2.37. The van der Waals surface area contributed by atoms with Crippen molar-refractivity contribution in [3.8, 4) is 0 Å². The molecule has 0 aromatic heterocycles. The van der Waals surface area contributed by atoms with E-state index in [0.717, 1.165) is 39.6 Å². The Morgan fingerprint density at radius 2 is 2.05 bits per heavy atom. The van der Waals surface area contributed by atoms with E-state index < -0.39 is 0 Å². The van der Waals surface area contributed by atoms with Crippen LogP contribution in [0.5, 0.6) is 0 Å². The van der Waals surface area contributed by atoms with E-state index in [4.69, 9.17) is 5.73 Å². The molecule has 0 saturated carbocycles. The average molecular weight is 419 g/mol. The number of aryl methyl sites for hydroxylation is 1. The molecule has 0 bridgehead atoms. The van der Waals surface area contributed by atoms with Crippen molar-refractivity contribution in [1.82, 2.24) is 4.90 Å². The molecular weight excluding hydrogens is 398 g/mol. The molecule has 1 aliphatic heterocycles. The summed E-state index contributed by atoms with van der Waals surface area (Å²) >= 11 is 6.99. The van der Waals surface area contributed by atoms with E-state index in [1.165, 1.54) is 0 Å². The van der Waals surface area contributed by atoms with Crippen LogP contribution in [0, 0.1) is 6.92 Å². The molecule has 2 atom stereocenters. The maximum Gasteiger partial charge on any atom is 0.238 e. The molecule has 1 fully saturated rings. The minimum Gasteiger partial charge on any atom is -0.328 e. The molecule has 0 aliphatic carbocycles. The van der Waals surface area contributed by atoms with Gasteiger partial charge in [-0.15, -0.1) is 0 Å². The monoisotopic (exact) mass is 417 g/mol. The number of nitrogens with one attached hydrogen (secondary N) is 1. The number of rotatable bonds is 3. The minimum absolute atomic E-state index is 0.00238. The zero-order valence-corrected chi connectivity index (χ0v) is 15.5. The van der Waals surface area contributed by atoms with Crippen molar-refractivity contribution in [3.05, 3.63) is 26.6 Å². The molecule has 1 aliphatic rings. The van der Waals surface area contributed by atoms with Gasteiger partial charge in [0.05, 0.1) is 12.2 Å². The first-order valence-electron chi connectivity index (χ1n) is 7.12. The molecule has 1 heterocycles. The van der Waals surface area contributed by atoms with Crippen molar-refractivity contribution in [3.63, 3.8) is 0 Å². The van der Waals surface area contributed by atoms with Crippen LogP contribution in [0.3, 0.4) is 0 Å². The Balaban J connectivity index is 1.99. The van der Waals surface area contributed by atoms with E-state index in [0.29, 0.717) is 12.6 Å². The number of carbonyl (C=O) groups excluding carboxylic acids is 1. The lowest BCUT2D eigenvalue weighted by Gasteiger charge is -2.35. The molecule has 21 heavy (non-hydrogen) atoms. The molecule has 2 unspecified atom stereocenters. The highest BCUT2D eigenvalue weighted by Gasteiger charge is 2.25. The van der Waals surface area contributed by atoms with Crippen LogP contribution >= 0.6 is 31.9 Å². The number of benzene rings is 1. The molecule has 0 spiro atoms. The lowest BCUT2D eigenvalue weighted by molar-refractivity contribution is -0.118. The maximum absolute atomic E-state index is 12.3. The highest BCUT2D eigenvalue weighted by atomic mass is 79.9. The molecule has 6 heteroatoms. The smallest absolute Gasteiger partial charge is 0.238 e. The fourth-order valence-corrected chi connectivity index (χ4v) is 4.29. The predicted octanol–water partition coefficient (Wildman–Crippen LogP) is 3.27. The SMILES string of the molecule is Cc1cc(Br)c(NC(=O)CN2CCC(N)CC2C)c(Br)c1. The molecule has 1 saturated heterocycles. The van der Waals surface area contributed by atoms with Crippen LogP contribution in [0.2, 0.25) is 0 Å². The summed E-state index contributed by atoms with van der Waals surface area (Å²) in [6.45, 7) is 5.43. The van der Waals surface area contributed by atoms with Crippen LogP contribution in [-0.2, 0) is 4.79 Å². The van der Waals surface area contributed by atoms with Crippen molar-refractivity contribution < 1.29 is 4.79 Å². The number of hydrogen-bond acceptors (Lipinski definition) is 3. The van der Waals surface area contributed by atoms with E-state index in [1.807, 2.05) is 19.1 Å². The van der Waals surface area contributed by atoms with Gasteiger partial charge >= 0.3 is 0 Å². The van der Waals surface area contributed by atoms with Gasteiger partial charge in [-0.3, -0.25) is 9.69 Å². The molecule has 3 N–H and O–H groups in total. The van der Waals surface area contributed by atoms with Crippen molar-refractivity contribution >= 4 is 43.5 Å². The first-order valence-corrected chi connectivity index (χ1v) is 8.70. The summed E-state index contributed by atoms with van der Waals surface area (Å²) in [6.07, 6.45) is 1.90. The summed E-state index contributed by atoms with van der Waals surface area (Å²) in [4.78, 5) is 14.5. The predicted molar refractivity (Wildman–Crippen MR) is 93.5 cm³/mol. The number of likely N-dealkylation sites (tertiary alicyclic amines) is 1. The largest absolute Gasteiger partial charge is 0.328 e. The highest BCUT2D eigenvalue weighted by Crippen LogP contribution is 2.32. The number of carbonyl (C=O) groups is 1. The number of hydrogen-bond donors (Lipinski definition) is 2. The highest BCUT2D eigenvalue weighted by molar-refractivity contribution is 9.11. The van der Waals surface area contributed by atoms with Crippen molar-refractivity contribution in [1.29, 1.82) is 0 Å². The molecule has 4 nitrogen and oxygen atoms in total. The Labute approximate surface area is 142 Å². The van der Waals surface area contributed by atoms with Crippen LogP contribution in [0.4, 0.5) is 5.69 Å². The Morgan fingerprint density at radius 1 is 1.43 bits per heavy atom. The van der Waals surface area contributed by atoms with E-state index in [2.05, 4.69) is 49.0 Å². The molecule has 2 rings (SSSR count). The van der Waals surface area contributed by atoms with E-state index >= 15 is 0 Å². The maximum atomic E-state index is 12.3. The van der Waals surface area contributed by atoms with Crippen LogP contribution in [0.25, 0.3) is 0 Å². The molecular formula is C15H21Br2N3O. The second kappa shape index (κ2) is 7.22. The van der Waals surface area contributed by atoms with Gasteiger partial charge in [0, 0.05) is 27.6 Å². The summed E-state index contributed by atoms with van der Waals surface area (Å²) in [5.41, 5.74) is 7.87. The third-order valence-corrected chi connectivity index (χ3v) is 5.10. The normalized spacial score (nSPS) is 23.1. The van der Waals surface area contributed by atoms with Gasteiger partial charge in [0.15, 0.2) is 0 Å². The summed E-state index contributed by atoms with van der Waals surface area (Å²) in [5, 5.41) is 2.98. The molecule has 1 amide bonds. The van der Waals surface area contributed by atoms with Gasteiger partial charge in [-0.2, -0.15) is 0 Å². The van der Waals surface area contributed by atoms with Crippen molar-refractivity contribution in [2.45, 2.75) is 38.8 Å². The fraction of sp³-hybridized carbons (Fsp3) is 0.533. The third-order valence-electron chi connectivity index (χ3n) is 3.85. The van der Waals surface area contributed by atoms with Gasteiger partial charge in [-0.1, -0.05) is 0 Å². The first-order chi connectivity index (χ1) is 9.86. The van der Waals surface area contributed by atoms with Gasteiger partial charge < -0.3 is 11.1 Å². The topological polar surface area (TPSA) is 58.4 Å². The summed E-state index contributed by atoms with van der Waals surface area (Å²) in [6, 6.07) is 4.59. The molecule has 1 aromatic rings. The fourth-order valence-electron chi connectivity index (χ4n) is 2.67. The number of nitrogens with two attached hydrogens (primary N) is 1. The van der Waals surface area contributed by atoms with E-state index in [-0.39, 0.29) is 11.9 Å². The number of halogens is 2. The first kappa shape index (κ1) is 16.9. The van der Waals surface area contributed by atoms with Crippen LogP contribution in [0.15, 0.2) is 21.1 Å². The van der Waals surface area contributed by atoms with Crippen LogP contribution < -0.4 is 11.1 Å². The quantitative estimate of drug-likeness (QED) is 0.791. The van der Waals surface area contributed by atoms with Gasteiger partial charge in [0.25, 0.3) is 0 Å². The number of nitrogens with zero attached hydrogens (tertiary/aromatic N) is 1. The molecule has 1 aromatic carbocycles. The third kappa shape index (κ3) is 4.52. The second-order valence-electron chi connectivity index (χ2n) is 5.76. The minimum atomic E-state index is 0.00238. The lowest BCUT2D eigenvalue weighted by atomic mass is 9.99. The zero-order chi connectivity index (χ0) is 15.6.